The second kappa shape index (κ2) is 18.4. The van der Waals surface area contributed by atoms with Crippen LogP contribution < -0.4 is 10.6 Å². The second-order valence-corrected chi connectivity index (χ2v) is 13.9. The summed E-state index contributed by atoms with van der Waals surface area (Å²) in [5.74, 6) is -3.46. The molecule has 0 heterocycles. The maximum atomic E-state index is 13.7. The first-order chi connectivity index (χ1) is 20.4. The molecule has 14 heteroatoms. The highest BCUT2D eigenvalue weighted by atomic mass is 35.6. The van der Waals surface area contributed by atoms with E-state index in [1.807, 2.05) is 26.8 Å². The SMILES string of the molecule is CC[C@H](C)[C@H](NC(=O)CN(C)C(=O)[C@@H](Cc1ccccc1)N(C)C(=O)[C@H](C)NC(=O)[C@H](O)CC(C)C)C(=O)OCC(Cl)(Cl)Cl. The molecule has 5 atom stereocenters. The van der Waals surface area contributed by atoms with Crippen LogP contribution in [0.25, 0.3) is 0 Å². The molecule has 0 unspecified atom stereocenters. The van der Waals surface area contributed by atoms with Crippen molar-refractivity contribution in [3.05, 3.63) is 35.9 Å². The van der Waals surface area contributed by atoms with Crippen LogP contribution in [0, 0.1) is 11.8 Å². The number of aliphatic hydroxyl groups excluding tert-OH is 1. The van der Waals surface area contributed by atoms with E-state index in [-0.39, 0.29) is 24.7 Å². The molecule has 0 aliphatic rings. The fraction of sp³-hybridized carbons (Fsp3) is 0.633. The predicted octanol–water partition coefficient (Wildman–Crippen LogP) is 2.87. The predicted molar refractivity (Wildman–Crippen MR) is 170 cm³/mol. The van der Waals surface area contributed by atoms with Gasteiger partial charge in [-0.05, 0) is 30.7 Å². The maximum Gasteiger partial charge on any atom is 0.329 e. The number of amides is 4. The quantitative estimate of drug-likeness (QED) is 0.180. The lowest BCUT2D eigenvalue weighted by molar-refractivity contribution is -0.150. The molecule has 0 saturated carbocycles. The van der Waals surface area contributed by atoms with E-state index in [9.17, 15) is 29.1 Å². The molecule has 0 spiro atoms. The van der Waals surface area contributed by atoms with Crippen LogP contribution in [0.15, 0.2) is 30.3 Å². The second-order valence-electron chi connectivity index (χ2n) is 11.4. The number of nitrogens with zero attached hydrogens (tertiary/aromatic N) is 2. The Morgan fingerprint density at radius 3 is 2.07 bits per heavy atom. The minimum Gasteiger partial charge on any atom is -0.460 e. The minimum atomic E-state index is -1.82. The molecule has 4 amide bonds. The van der Waals surface area contributed by atoms with Gasteiger partial charge in [0.15, 0.2) is 0 Å². The summed E-state index contributed by atoms with van der Waals surface area (Å²) in [6.07, 6.45) is -0.394. The third-order valence-corrected chi connectivity index (χ3v) is 7.34. The summed E-state index contributed by atoms with van der Waals surface area (Å²) in [6, 6.07) is 5.89. The van der Waals surface area contributed by atoms with Gasteiger partial charge in [-0.3, -0.25) is 19.2 Å². The summed E-state index contributed by atoms with van der Waals surface area (Å²) in [5.41, 5.74) is 0.765. The Hall–Kier alpha value is -2.60. The lowest BCUT2D eigenvalue weighted by atomic mass is 9.99. The van der Waals surface area contributed by atoms with Crippen LogP contribution in [0.1, 0.15) is 53.0 Å². The maximum absolute atomic E-state index is 13.7. The Kier molecular flexibility index (Phi) is 16.5. The fourth-order valence-electron chi connectivity index (χ4n) is 4.29. The van der Waals surface area contributed by atoms with E-state index in [0.717, 1.165) is 10.5 Å². The summed E-state index contributed by atoms with van der Waals surface area (Å²) < 4.78 is 3.25. The number of carbonyl (C=O) groups is 5. The first-order valence-electron chi connectivity index (χ1n) is 14.4. The highest BCUT2D eigenvalue weighted by molar-refractivity contribution is 6.67. The van der Waals surface area contributed by atoms with Crippen molar-refractivity contribution in [2.24, 2.45) is 11.8 Å². The van der Waals surface area contributed by atoms with Crippen LogP contribution >= 0.6 is 34.8 Å². The average molecular weight is 680 g/mol. The van der Waals surface area contributed by atoms with E-state index in [1.54, 1.807) is 31.2 Å². The van der Waals surface area contributed by atoms with Gasteiger partial charge in [0, 0.05) is 20.5 Å². The van der Waals surface area contributed by atoms with Crippen LogP contribution in [0.3, 0.4) is 0 Å². The number of carbonyl (C=O) groups excluding carboxylic acids is 5. The zero-order valence-electron chi connectivity index (χ0n) is 26.3. The molecule has 248 valence electrons. The Morgan fingerprint density at radius 2 is 1.55 bits per heavy atom. The number of alkyl halides is 3. The molecule has 0 aliphatic carbocycles. The summed E-state index contributed by atoms with van der Waals surface area (Å²) >= 11 is 17.0. The summed E-state index contributed by atoms with van der Waals surface area (Å²) in [5, 5.41) is 15.3. The topological polar surface area (TPSA) is 145 Å². The van der Waals surface area contributed by atoms with E-state index in [0.29, 0.717) is 6.42 Å². The smallest absolute Gasteiger partial charge is 0.329 e. The van der Waals surface area contributed by atoms with Gasteiger partial charge in [0.1, 0.15) is 30.8 Å². The molecule has 0 aromatic heterocycles. The molecule has 44 heavy (non-hydrogen) atoms. The number of rotatable bonds is 16. The van der Waals surface area contributed by atoms with Gasteiger partial charge >= 0.3 is 5.97 Å². The van der Waals surface area contributed by atoms with E-state index in [4.69, 9.17) is 39.5 Å². The van der Waals surface area contributed by atoms with Crippen molar-refractivity contribution in [2.45, 2.75) is 81.9 Å². The normalized spacial score (nSPS) is 14.9. The first-order valence-corrected chi connectivity index (χ1v) is 15.6. The molecule has 0 saturated heterocycles. The van der Waals surface area contributed by atoms with Gasteiger partial charge in [-0.1, -0.05) is 99.3 Å². The Morgan fingerprint density at radius 1 is 0.955 bits per heavy atom. The monoisotopic (exact) mass is 678 g/mol. The number of likely N-dealkylation sites (N-methyl/N-ethyl adjacent to an activating group) is 2. The lowest BCUT2D eigenvalue weighted by Crippen LogP contribution is -2.56. The molecule has 0 fully saturated rings. The number of nitrogens with one attached hydrogen (secondary N) is 2. The molecule has 0 radical (unpaired) electrons. The fourth-order valence-corrected chi connectivity index (χ4v) is 4.45. The molecule has 1 aromatic carbocycles. The van der Waals surface area contributed by atoms with E-state index in [1.165, 1.54) is 25.9 Å². The van der Waals surface area contributed by atoms with Gasteiger partial charge in [-0.15, -0.1) is 0 Å². The summed E-state index contributed by atoms with van der Waals surface area (Å²) in [6.45, 7) is 7.83. The van der Waals surface area contributed by atoms with Crippen molar-refractivity contribution in [1.82, 2.24) is 20.4 Å². The molecule has 0 bridgehead atoms. The van der Waals surface area contributed by atoms with Crippen LogP contribution in [0.4, 0.5) is 0 Å². The van der Waals surface area contributed by atoms with E-state index < -0.39 is 70.8 Å². The Labute approximate surface area is 274 Å². The van der Waals surface area contributed by atoms with Gasteiger partial charge < -0.3 is 30.3 Å². The molecular formula is C30H45Cl3N4O7. The largest absolute Gasteiger partial charge is 0.460 e. The van der Waals surface area contributed by atoms with Crippen LogP contribution in [-0.4, -0.2) is 99.8 Å². The molecule has 1 rings (SSSR count). The van der Waals surface area contributed by atoms with Crippen LogP contribution in [0.2, 0.25) is 0 Å². The van der Waals surface area contributed by atoms with Crippen molar-refractivity contribution in [1.29, 1.82) is 0 Å². The molecule has 1 aromatic rings. The van der Waals surface area contributed by atoms with Gasteiger partial charge in [0.2, 0.25) is 27.4 Å². The van der Waals surface area contributed by atoms with Gasteiger partial charge in [-0.2, -0.15) is 0 Å². The van der Waals surface area contributed by atoms with Crippen LogP contribution in [0.5, 0.6) is 0 Å². The summed E-state index contributed by atoms with van der Waals surface area (Å²) in [7, 11) is 2.85. The molecule has 3 N–H and O–H groups in total. The number of benzene rings is 1. The van der Waals surface area contributed by atoms with Crippen molar-refractivity contribution < 1.29 is 33.8 Å². The number of hydrogen-bond donors (Lipinski definition) is 3. The Bertz CT molecular complexity index is 1120. The minimum absolute atomic E-state index is 0.0672. The number of halogens is 3. The van der Waals surface area contributed by atoms with E-state index >= 15 is 0 Å². The van der Waals surface area contributed by atoms with Gasteiger partial charge in [-0.25, -0.2) is 4.79 Å². The average Bonchev–Trinajstić information content (AvgIpc) is 2.95. The Balaban J connectivity index is 3.09. The summed E-state index contributed by atoms with van der Waals surface area (Å²) in [4.78, 5) is 67.6. The van der Waals surface area contributed by atoms with Crippen molar-refractivity contribution in [2.75, 3.05) is 27.2 Å². The number of aliphatic hydroxyl groups is 1. The van der Waals surface area contributed by atoms with Gasteiger partial charge in [0.25, 0.3) is 0 Å². The van der Waals surface area contributed by atoms with E-state index in [2.05, 4.69) is 10.6 Å². The molecule has 0 aliphatic heterocycles. The number of ether oxygens (including phenoxy) is 1. The first kappa shape index (κ1) is 39.4. The van der Waals surface area contributed by atoms with Crippen molar-refractivity contribution >= 4 is 64.4 Å². The standard InChI is InChI=1S/C30H45Cl3N4O7/c1-8-19(4)25(29(43)44-17-30(31,32)33)35-24(39)16-36(6)28(42)22(15-21-12-10-9-11-13-21)37(7)27(41)20(5)34-26(40)23(38)14-18(2)3/h9-13,18-20,22-23,25,38H,8,14-17H2,1-7H3,(H,34,40)(H,35,39)/t19-,20-,22+,23+,25-/m0/s1. The molecule has 11 nitrogen and oxygen atoms in total. The van der Waals surface area contributed by atoms with Crippen LogP contribution in [-0.2, 0) is 35.1 Å². The van der Waals surface area contributed by atoms with Crippen molar-refractivity contribution in [3.8, 4) is 0 Å². The highest BCUT2D eigenvalue weighted by Crippen LogP contribution is 2.26. The van der Waals surface area contributed by atoms with Crippen molar-refractivity contribution in [3.63, 3.8) is 0 Å². The highest BCUT2D eigenvalue weighted by Gasteiger charge is 2.35. The number of esters is 1. The lowest BCUT2D eigenvalue weighted by Gasteiger charge is -2.33. The number of hydrogen-bond acceptors (Lipinski definition) is 7. The van der Waals surface area contributed by atoms with Gasteiger partial charge in [0.05, 0.1) is 6.54 Å². The third kappa shape index (κ3) is 13.6. The molecular weight excluding hydrogens is 635 g/mol. The third-order valence-electron chi connectivity index (χ3n) is 7.02. The zero-order valence-corrected chi connectivity index (χ0v) is 28.6. The zero-order chi connectivity index (χ0) is 33.8.